The van der Waals surface area contributed by atoms with Crippen LogP contribution < -0.4 is 15.2 Å². The van der Waals surface area contributed by atoms with Crippen LogP contribution in [0.2, 0.25) is 0 Å². The van der Waals surface area contributed by atoms with Crippen LogP contribution in [-0.2, 0) is 25.2 Å². The molecule has 1 aliphatic heterocycles. The van der Waals surface area contributed by atoms with Crippen molar-refractivity contribution in [2.24, 2.45) is 10.7 Å². The Bertz CT molecular complexity index is 1390. The molecule has 190 valence electrons. The molecule has 8 nitrogen and oxygen atoms in total. The third kappa shape index (κ3) is 4.71. The van der Waals surface area contributed by atoms with Crippen molar-refractivity contribution in [3.63, 3.8) is 0 Å². The fraction of sp³-hybridized carbons (Fsp3) is 0.217. The van der Waals surface area contributed by atoms with Crippen LogP contribution in [0.15, 0.2) is 77.6 Å². The first-order valence-corrected chi connectivity index (χ1v) is 12.1. The molecule has 36 heavy (non-hydrogen) atoms. The van der Waals surface area contributed by atoms with Crippen molar-refractivity contribution < 1.29 is 39.7 Å². The van der Waals surface area contributed by atoms with Gasteiger partial charge in [-0.1, -0.05) is 42.5 Å². The molecule has 0 saturated heterocycles. The second-order valence-corrected chi connectivity index (χ2v) is 9.69. The van der Waals surface area contributed by atoms with Gasteiger partial charge in [-0.15, -0.1) is 13.2 Å². The Labute approximate surface area is 203 Å². The molecule has 0 fully saturated rings. The van der Waals surface area contributed by atoms with Crippen LogP contribution in [0.1, 0.15) is 17.5 Å². The van der Waals surface area contributed by atoms with Gasteiger partial charge >= 0.3 is 16.5 Å². The second kappa shape index (κ2) is 8.75. The summed E-state index contributed by atoms with van der Waals surface area (Å²) in [6.07, 6.45) is -3.63. The molecule has 0 radical (unpaired) electrons. The number of nitrogens with zero attached hydrogens (tertiary/aromatic N) is 1. The summed E-state index contributed by atoms with van der Waals surface area (Å²) in [5.41, 5.74) is 0.636. The van der Waals surface area contributed by atoms with E-state index in [0.717, 1.165) is 42.7 Å². The molecule has 13 heteroatoms. The Morgan fingerprint density at radius 3 is 2.25 bits per heavy atom. The highest BCUT2D eigenvalue weighted by Crippen LogP contribution is 2.52. The number of ether oxygens (including phenoxy) is 1. The molecule has 1 aliphatic carbocycles. The number of nitrogens with one attached hydrogen (secondary N) is 1. The number of benzene rings is 2. The number of hydrogen-bond acceptors (Lipinski definition) is 7. The number of amides is 1. The third-order valence-electron chi connectivity index (χ3n) is 5.64. The van der Waals surface area contributed by atoms with Gasteiger partial charge in [-0.05, 0) is 41.0 Å². The van der Waals surface area contributed by atoms with E-state index in [0.29, 0.717) is 0 Å². The summed E-state index contributed by atoms with van der Waals surface area (Å²) < 4.78 is 88.8. The summed E-state index contributed by atoms with van der Waals surface area (Å²) in [6, 6.07) is 12.4. The summed E-state index contributed by atoms with van der Waals surface area (Å²) >= 11 is 0. The molecular weight excluding hydrogens is 506 g/mol. The van der Waals surface area contributed by atoms with E-state index < -0.39 is 51.7 Å². The molecule has 2 aromatic rings. The lowest BCUT2D eigenvalue weighted by atomic mass is 9.68. The number of halogens is 4. The number of rotatable bonds is 6. The molecule has 2 aliphatic rings. The molecule has 2 aromatic carbocycles. The number of allylic oxidation sites excluding steroid dienone is 2. The molecule has 4 rings (SSSR count). The number of hydrogen-bond donors (Lipinski definition) is 2. The van der Waals surface area contributed by atoms with Crippen molar-refractivity contribution in [1.82, 2.24) is 5.32 Å². The number of nitrogens with two attached hydrogens (primary N) is 1. The monoisotopic (exact) mass is 525 g/mol. The second-order valence-electron chi connectivity index (χ2n) is 8.11. The summed E-state index contributed by atoms with van der Waals surface area (Å²) in [4.78, 5) is 17.4. The Hall–Kier alpha value is -3.71. The molecular formula is C23H19F4N3O5S. The van der Waals surface area contributed by atoms with Crippen molar-refractivity contribution in [2.45, 2.75) is 23.9 Å². The smallest absolute Gasteiger partial charge is 0.383 e. The van der Waals surface area contributed by atoms with Gasteiger partial charge in [0.2, 0.25) is 5.54 Å². The highest BCUT2D eigenvalue weighted by atomic mass is 32.2. The van der Waals surface area contributed by atoms with Gasteiger partial charge in [0.1, 0.15) is 17.2 Å². The van der Waals surface area contributed by atoms with E-state index in [4.69, 9.17) is 9.92 Å². The van der Waals surface area contributed by atoms with Gasteiger partial charge in [-0.25, -0.2) is 9.38 Å². The highest BCUT2D eigenvalue weighted by Gasteiger charge is 2.65. The van der Waals surface area contributed by atoms with Crippen LogP contribution in [-0.4, -0.2) is 38.5 Å². The standard InChI is InChI=1S/C23H19F4N3O5S/c1-36(32,33)34-16-9-7-15(8-10-16)22(19(31)29-20(28)30-22)21(35-23(25,26)27)12-11-18(24)17(13-21)14-5-3-2-4-6-14/h2-12H,13H2,1H3,(H3,28,29,30,31). The van der Waals surface area contributed by atoms with Gasteiger partial charge in [-0.3, -0.25) is 14.8 Å². The van der Waals surface area contributed by atoms with Crippen LogP contribution in [0.4, 0.5) is 17.6 Å². The maximum atomic E-state index is 14.9. The highest BCUT2D eigenvalue weighted by molar-refractivity contribution is 7.86. The first-order chi connectivity index (χ1) is 16.7. The number of alkyl halides is 3. The van der Waals surface area contributed by atoms with Gasteiger partial charge in [0.25, 0.3) is 5.91 Å². The minimum atomic E-state index is -5.28. The number of guanidine groups is 1. The third-order valence-corrected chi connectivity index (χ3v) is 6.13. The van der Waals surface area contributed by atoms with E-state index in [-0.39, 0.29) is 22.4 Å². The molecule has 0 spiro atoms. The molecule has 0 bridgehead atoms. The van der Waals surface area contributed by atoms with E-state index in [1.54, 1.807) is 18.2 Å². The summed E-state index contributed by atoms with van der Waals surface area (Å²) in [7, 11) is -3.90. The van der Waals surface area contributed by atoms with Crippen molar-refractivity contribution in [3.05, 3.63) is 83.7 Å². The molecule has 2 atom stereocenters. The lowest BCUT2D eigenvalue weighted by molar-refractivity contribution is -0.365. The maximum Gasteiger partial charge on any atom is 0.523 e. The topological polar surface area (TPSA) is 120 Å². The molecule has 3 N–H and O–H groups in total. The maximum absolute atomic E-state index is 14.9. The van der Waals surface area contributed by atoms with Crippen molar-refractivity contribution in [1.29, 1.82) is 0 Å². The molecule has 2 unspecified atom stereocenters. The lowest BCUT2D eigenvalue weighted by Gasteiger charge is -2.44. The van der Waals surface area contributed by atoms with Gasteiger partial charge in [-0.2, -0.15) is 8.42 Å². The van der Waals surface area contributed by atoms with Crippen LogP contribution in [0, 0.1) is 0 Å². The van der Waals surface area contributed by atoms with E-state index in [1.807, 2.05) is 0 Å². The van der Waals surface area contributed by atoms with Crippen LogP contribution in [0.25, 0.3) is 5.57 Å². The van der Waals surface area contributed by atoms with E-state index in [9.17, 15) is 30.8 Å². The average molecular weight is 525 g/mol. The molecule has 0 aromatic heterocycles. The summed E-state index contributed by atoms with van der Waals surface area (Å²) in [5.74, 6) is -2.51. The lowest BCUT2D eigenvalue weighted by Crippen LogP contribution is -2.59. The number of aliphatic imine (C=N–C) groups is 1. The SMILES string of the molecule is CS(=O)(=O)Oc1ccc(C2(C3(OC(F)(F)F)C=CC(F)=C(c4ccccc4)C3)N=C(N)NC2=O)cc1. The van der Waals surface area contributed by atoms with E-state index in [1.165, 1.54) is 12.1 Å². The quantitative estimate of drug-likeness (QED) is 0.441. The zero-order valence-electron chi connectivity index (χ0n) is 18.5. The Kier molecular flexibility index (Phi) is 6.17. The van der Waals surface area contributed by atoms with E-state index >= 15 is 0 Å². The van der Waals surface area contributed by atoms with Crippen LogP contribution in [0.3, 0.4) is 0 Å². The van der Waals surface area contributed by atoms with Crippen LogP contribution >= 0.6 is 0 Å². The van der Waals surface area contributed by atoms with Gasteiger partial charge < -0.3 is 9.92 Å². The van der Waals surface area contributed by atoms with Crippen molar-refractivity contribution in [3.8, 4) is 5.75 Å². The Morgan fingerprint density at radius 2 is 1.72 bits per heavy atom. The zero-order chi connectivity index (χ0) is 26.4. The van der Waals surface area contributed by atoms with Gasteiger partial charge in [0.15, 0.2) is 5.96 Å². The predicted molar refractivity (Wildman–Crippen MR) is 121 cm³/mol. The van der Waals surface area contributed by atoms with Crippen molar-refractivity contribution >= 4 is 27.6 Å². The largest absolute Gasteiger partial charge is 0.523 e. The van der Waals surface area contributed by atoms with E-state index in [2.05, 4.69) is 15.0 Å². The normalized spacial score (nSPS) is 24.5. The fourth-order valence-electron chi connectivity index (χ4n) is 4.31. The van der Waals surface area contributed by atoms with Crippen molar-refractivity contribution in [2.75, 3.05) is 6.26 Å². The molecule has 1 amide bonds. The zero-order valence-corrected chi connectivity index (χ0v) is 19.4. The fourth-order valence-corrected chi connectivity index (χ4v) is 4.77. The Morgan fingerprint density at radius 1 is 1.08 bits per heavy atom. The van der Waals surface area contributed by atoms with Gasteiger partial charge in [0.05, 0.1) is 6.26 Å². The molecule has 0 saturated carbocycles. The Balaban J connectivity index is 1.93. The molecule has 1 heterocycles. The summed E-state index contributed by atoms with van der Waals surface area (Å²) in [5, 5.41) is 2.20. The number of carbonyl (C=O) groups is 1. The average Bonchev–Trinajstić information content (AvgIpc) is 3.09. The first-order valence-electron chi connectivity index (χ1n) is 10.3. The summed E-state index contributed by atoms with van der Waals surface area (Å²) in [6.45, 7) is 0. The van der Waals surface area contributed by atoms with Gasteiger partial charge in [0, 0.05) is 6.42 Å². The minimum absolute atomic E-state index is 0.134. The minimum Gasteiger partial charge on any atom is -0.383 e. The first kappa shape index (κ1) is 25.4. The van der Waals surface area contributed by atoms with Crippen LogP contribution in [0.5, 0.6) is 5.75 Å². The predicted octanol–water partition coefficient (Wildman–Crippen LogP) is 3.28. The number of carbonyl (C=O) groups excluding carboxylic acids is 1.